The molecule has 1 aromatic carbocycles. The molecule has 1 aromatic rings. The molecule has 1 saturated heterocycles. The molecule has 0 saturated carbocycles. The van der Waals surface area contributed by atoms with E-state index in [1.165, 1.54) is 4.31 Å². The molecule has 118 valence electrons. The number of nitrogens with one attached hydrogen (secondary N) is 1. The van der Waals surface area contributed by atoms with Crippen molar-refractivity contribution in [2.24, 2.45) is 11.7 Å². The molecule has 0 radical (unpaired) electrons. The van der Waals surface area contributed by atoms with Crippen LogP contribution in [0.2, 0.25) is 0 Å². The molecule has 0 amide bonds. The molecular formula is C15H25N3O2S. The quantitative estimate of drug-likeness (QED) is 0.875. The molecule has 1 aliphatic heterocycles. The van der Waals surface area contributed by atoms with Gasteiger partial charge >= 0.3 is 10.2 Å². The Labute approximate surface area is 127 Å². The van der Waals surface area contributed by atoms with Gasteiger partial charge in [0.25, 0.3) is 0 Å². The minimum Gasteiger partial charge on any atom is -0.330 e. The number of hydrogen-bond donors (Lipinski definition) is 2. The van der Waals surface area contributed by atoms with E-state index < -0.39 is 10.2 Å². The van der Waals surface area contributed by atoms with Crippen LogP contribution in [0, 0.1) is 5.92 Å². The van der Waals surface area contributed by atoms with E-state index in [9.17, 15) is 8.42 Å². The first kappa shape index (κ1) is 16.3. The van der Waals surface area contributed by atoms with Gasteiger partial charge in [-0.2, -0.15) is 12.7 Å². The van der Waals surface area contributed by atoms with Crippen LogP contribution >= 0.6 is 0 Å². The van der Waals surface area contributed by atoms with E-state index in [1.807, 2.05) is 24.3 Å². The highest BCUT2D eigenvalue weighted by atomic mass is 32.2. The van der Waals surface area contributed by atoms with Crippen molar-refractivity contribution >= 4 is 15.9 Å². The molecule has 6 heteroatoms. The molecule has 0 spiro atoms. The second-order valence-electron chi connectivity index (χ2n) is 5.95. The van der Waals surface area contributed by atoms with Crippen LogP contribution in [0.4, 0.5) is 5.69 Å². The topological polar surface area (TPSA) is 75.4 Å². The van der Waals surface area contributed by atoms with Crippen LogP contribution in [0.15, 0.2) is 24.3 Å². The summed E-state index contributed by atoms with van der Waals surface area (Å²) >= 11 is 0. The second kappa shape index (κ2) is 6.77. The lowest BCUT2D eigenvalue weighted by molar-refractivity contribution is 0.273. The third-order valence-corrected chi connectivity index (χ3v) is 5.47. The van der Waals surface area contributed by atoms with Gasteiger partial charge in [-0.3, -0.25) is 4.72 Å². The number of para-hydroxylation sites is 1. The summed E-state index contributed by atoms with van der Waals surface area (Å²) in [6.45, 7) is 5.72. The fourth-order valence-electron chi connectivity index (χ4n) is 2.73. The third kappa shape index (κ3) is 3.96. The first-order chi connectivity index (χ1) is 9.94. The number of nitrogens with zero attached hydrogens (tertiary/aromatic N) is 1. The average molecular weight is 311 g/mol. The molecule has 1 heterocycles. The predicted octanol–water partition coefficient (Wildman–Crippen LogP) is 2.14. The molecule has 2 rings (SSSR count). The van der Waals surface area contributed by atoms with Gasteiger partial charge in [-0.05, 0) is 42.9 Å². The van der Waals surface area contributed by atoms with Gasteiger partial charge in [-0.15, -0.1) is 0 Å². The normalized spacial score (nSPS) is 20.7. The van der Waals surface area contributed by atoms with Gasteiger partial charge in [0.1, 0.15) is 0 Å². The van der Waals surface area contributed by atoms with Crippen LogP contribution in [-0.2, 0) is 10.2 Å². The summed E-state index contributed by atoms with van der Waals surface area (Å²) in [6.07, 6.45) is 1.87. The molecule has 1 fully saturated rings. The van der Waals surface area contributed by atoms with E-state index in [0.29, 0.717) is 25.3 Å². The van der Waals surface area contributed by atoms with Crippen molar-refractivity contribution in [2.75, 3.05) is 24.4 Å². The fraction of sp³-hybridized carbons (Fsp3) is 0.600. The Kier molecular flexibility index (Phi) is 5.24. The van der Waals surface area contributed by atoms with Gasteiger partial charge in [0, 0.05) is 13.1 Å². The molecule has 0 bridgehead atoms. The minimum atomic E-state index is -3.51. The van der Waals surface area contributed by atoms with Crippen LogP contribution in [0.5, 0.6) is 0 Å². The molecular weight excluding hydrogens is 286 g/mol. The summed E-state index contributed by atoms with van der Waals surface area (Å²) in [7, 11) is -3.51. The Morgan fingerprint density at radius 2 is 2.10 bits per heavy atom. The van der Waals surface area contributed by atoms with Gasteiger partial charge in [0.05, 0.1) is 5.69 Å². The molecule has 5 nitrogen and oxygen atoms in total. The summed E-state index contributed by atoms with van der Waals surface area (Å²) in [6, 6.07) is 7.56. The van der Waals surface area contributed by atoms with E-state index >= 15 is 0 Å². The average Bonchev–Trinajstić information content (AvgIpc) is 2.47. The smallest absolute Gasteiger partial charge is 0.301 e. The highest BCUT2D eigenvalue weighted by Crippen LogP contribution is 2.26. The maximum atomic E-state index is 12.6. The molecule has 1 aliphatic rings. The van der Waals surface area contributed by atoms with E-state index in [0.717, 1.165) is 18.4 Å². The van der Waals surface area contributed by atoms with Crippen LogP contribution in [0.25, 0.3) is 0 Å². The highest BCUT2D eigenvalue weighted by molar-refractivity contribution is 7.90. The van der Waals surface area contributed by atoms with Crippen molar-refractivity contribution in [1.29, 1.82) is 0 Å². The lowest BCUT2D eigenvalue weighted by atomic mass is 10.0. The van der Waals surface area contributed by atoms with Gasteiger partial charge in [-0.25, -0.2) is 0 Å². The van der Waals surface area contributed by atoms with E-state index in [4.69, 9.17) is 5.73 Å². The molecule has 1 atom stereocenters. The van der Waals surface area contributed by atoms with Crippen LogP contribution in [0.1, 0.15) is 38.2 Å². The summed E-state index contributed by atoms with van der Waals surface area (Å²) in [5, 5.41) is 0. The van der Waals surface area contributed by atoms with Crippen molar-refractivity contribution in [3.63, 3.8) is 0 Å². The van der Waals surface area contributed by atoms with Crippen molar-refractivity contribution < 1.29 is 8.42 Å². The van der Waals surface area contributed by atoms with Crippen LogP contribution < -0.4 is 10.5 Å². The Bertz CT molecular complexity index is 572. The van der Waals surface area contributed by atoms with Gasteiger partial charge in [0.2, 0.25) is 0 Å². The molecule has 3 N–H and O–H groups in total. The summed E-state index contributed by atoms with van der Waals surface area (Å²) in [4.78, 5) is 0. The largest absolute Gasteiger partial charge is 0.330 e. The zero-order valence-corrected chi connectivity index (χ0v) is 13.6. The minimum absolute atomic E-state index is 0.260. The molecule has 0 aromatic heterocycles. The van der Waals surface area contributed by atoms with Crippen LogP contribution in [0.3, 0.4) is 0 Å². The van der Waals surface area contributed by atoms with Gasteiger partial charge in [0.15, 0.2) is 0 Å². The maximum Gasteiger partial charge on any atom is 0.301 e. The maximum absolute atomic E-state index is 12.6. The van der Waals surface area contributed by atoms with Crippen LogP contribution in [-0.4, -0.2) is 32.4 Å². The number of benzene rings is 1. The van der Waals surface area contributed by atoms with Crippen molar-refractivity contribution in [3.05, 3.63) is 29.8 Å². The van der Waals surface area contributed by atoms with E-state index in [1.54, 1.807) is 0 Å². The summed E-state index contributed by atoms with van der Waals surface area (Å²) < 4.78 is 29.4. The number of anilines is 1. The van der Waals surface area contributed by atoms with Gasteiger partial charge < -0.3 is 5.73 Å². The molecule has 21 heavy (non-hydrogen) atoms. The van der Waals surface area contributed by atoms with Crippen molar-refractivity contribution in [2.45, 2.75) is 32.6 Å². The molecule has 1 unspecified atom stereocenters. The number of nitrogens with two attached hydrogens (primary N) is 1. The zero-order valence-electron chi connectivity index (χ0n) is 12.7. The highest BCUT2D eigenvalue weighted by Gasteiger charge is 2.28. The first-order valence-electron chi connectivity index (χ1n) is 7.51. The number of piperidine rings is 1. The number of rotatable bonds is 5. The van der Waals surface area contributed by atoms with E-state index in [-0.39, 0.29) is 11.8 Å². The van der Waals surface area contributed by atoms with Crippen molar-refractivity contribution in [3.8, 4) is 0 Å². The van der Waals surface area contributed by atoms with Crippen molar-refractivity contribution in [1.82, 2.24) is 4.31 Å². The number of hydrogen-bond acceptors (Lipinski definition) is 3. The van der Waals surface area contributed by atoms with E-state index in [2.05, 4.69) is 18.6 Å². The second-order valence-corrected chi connectivity index (χ2v) is 7.62. The predicted molar refractivity (Wildman–Crippen MR) is 86.4 cm³/mol. The lowest BCUT2D eigenvalue weighted by Gasteiger charge is -2.31. The van der Waals surface area contributed by atoms with Gasteiger partial charge in [-0.1, -0.05) is 32.0 Å². The molecule has 0 aliphatic carbocycles. The SMILES string of the molecule is CC(C)c1ccccc1NS(=O)(=O)N1CCCC(CN)C1. The first-order valence-corrected chi connectivity index (χ1v) is 8.95. The Hall–Kier alpha value is -1.11. The lowest BCUT2D eigenvalue weighted by Crippen LogP contribution is -2.44. The fourth-order valence-corrected chi connectivity index (χ4v) is 4.10. The standard InChI is InChI=1S/C15H25N3O2S/c1-12(2)14-7-3-4-8-15(14)17-21(19,20)18-9-5-6-13(10-16)11-18/h3-4,7-8,12-13,17H,5-6,9-11,16H2,1-2H3. The summed E-state index contributed by atoms with van der Waals surface area (Å²) in [5.74, 6) is 0.526. The summed E-state index contributed by atoms with van der Waals surface area (Å²) in [5.41, 5.74) is 7.36. The Morgan fingerprint density at radius 1 is 1.38 bits per heavy atom. The Morgan fingerprint density at radius 3 is 2.76 bits per heavy atom. The Balaban J connectivity index is 2.18. The third-order valence-electron chi connectivity index (χ3n) is 3.98. The monoisotopic (exact) mass is 311 g/mol. The zero-order chi connectivity index (χ0) is 15.5.